The summed E-state index contributed by atoms with van der Waals surface area (Å²) in [6.07, 6.45) is 3.81. The van der Waals surface area contributed by atoms with Gasteiger partial charge in [0.2, 0.25) is 0 Å². The number of fused-ring (bicyclic) bond motifs is 1. The first kappa shape index (κ1) is 24.9. The Morgan fingerprint density at radius 2 is 1.92 bits per heavy atom. The Morgan fingerprint density at radius 3 is 2.67 bits per heavy atom. The molecule has 0 atom stereocenters. The third-order valence-electron chi connectivity index (χ3n) is 7.19. The van der Waals surface area contributed by atoms with E-state index in [-0.39, 0.29) is 5.91 Å². The molecule has 6 rings (SSSR count). The minimum Gasteiger partial charge on any atom is -0.382 e. The molecular weight excluding hydrogens is 492 g/mol. The van der Waals surface area contributed by atoms with Gasteiger partial charge in [0.25, 0.3) is 5.91 Å². The molecule has 3 heterocycles. The van der Waals surface area contributed by atoms with E-state index in [4.69, 9.17) is 14.5 Å². The first-order valence-corrected chi connectivity index (χ1v) is 13.0. The highest BCUT2D eigenvalue weighted by atomic mass is 16.5. The Kier molecular flexibility index (Phi) is 6.65. The lowest BCUT2D eigenvalue weighted by atomic mass is 9.96. The molecule has 2 aromatic carbocycles. The first-order chi connectivity index (χ1) is 19.1. The van der Waals surface area contributed by atoms with Gasteiger partial charge < -0.3 is 14.0 Å². The first-order valence-electron chi connectivity index (χ1n) is 13.0. The highest BCUT2D eigenvalue weighted by Crippen LogP contribution is 2.43. The number of amides is 1. The molecule has 4 aromatic rings. The van der Waals surface area contributed by atoms with Crippen molar-refractivity contribution in [3.8, 4) is 28.6 Å². The molecule has 0 bridgehead atoms. The SMILES string of the molecule is COCCOCc1ccc2c(c1)C(=O)N(c1cc(-c3ccc(C#N)cc3-c3nncn3C)cc(C3CC3)n1)C2. The molecule has 0 unspecified atom stereocenters. The number of nitrogens with zero attached hydrogens (tertiary/aromatic N) is 6. The highest BCUT2D eigenvalue weighted by Gasteiger charge is 2.32. The molecule has 1 aliphatic carbocycles. The molecule has 39 heavy (non-hydrogen) atoms. The summed E-state index contributed by atoms with van der Waals surface area (Å²) in [5.41, 5.74) is 6.77. The van der Waals surface area contributed by atoms with Crippen LogP contribution in [0.4, 0.5) is 5.82 Å². The summed E-state index contributed by atoms with van der Waals surface area (Å²) in [5.74, 6) is 1.61. The molecule has 9 nitrogen and oxygen atoms in total. The fourth-order valence-corrected chi connectivity index (χ4v) is 4.95. The monoisotopic (exact) mass is 520 g/mol. The predicted molar refractivity (Wildman–Crippen MR) is 145 cm³/mol. The lowest BCUT2D eigenvalue weighted by Crippen LogP contribution is -2.24. The number of pyridine rings is 1. The van der Waals surface area contributed by atoms with Crippen molar-refractivity contribution in [2.45, 2.75) is 31.9 Å². The number of carbonyl (C=O) groups is 1. The number of carbonyl (C=O) groups excluding carboxylic acids is 1. The van der Waals surface area contributed by atoms with Gasteiger partial charge in [0.15, 0.2) is 5.82 Å². The molecule has 1 aliphatic heterocycles. The Hall–Kier alpha value is -4.39. The molecule has 196 valence electrons. The van der Waals surface area contributed by atoms with Crippen molar-refractivity contribution < 1.29 is 14.3 Å². The number of methoxy groups -OCH3 is 1. The van der Waals surface area contributed by atoms with Crippen molar-refractivity contribution in [1.29, 1.82) is 5.26 Å². The van der Waals surface area contributed by atoms with Crippen LogP contribution >= 0.6 is 0 Å². The maximum atomic E-state index is 13.6. The van der Waals surface area contributed by atoms with Crippen molar-refractivity contribution in [1.82, 2.24) is 19.7 Å². The number of benzene rings is 2. The number of nitriles is 1. The zero-order valence-electron chi connectivity index (χ0n) is 21.9. The van der Waals surface area contributed by atoms with Gasteiger partial charge in [-0.1, -0.05) is 18.2 Å². The zero-order chi connectivity index (χ0) is 26.9. The lowest BCUT2D eigenvalue weighted by molar-refractivity contribution is 0.0616. The average molecular weight is 521 g/mol. The van der Waals surface area contributed by atoms with Crippen LogP contribution < -0.4 is 4.90 Å². The second kappa shape index (κ2) is 10.4. The Labute approximate surface area is 226 Å². The number of aromatic nitrogens is 4. The molecule has 0 spiro atoms. The van der Waals surface area contributed by atoms with Crippen molar-refractivity contribution in [3.63, 3.8) is 0 Å². The smallest absolute Gasteiger partial charge is 0.260 e. The molecule has 0 N–H and O–H groups in total. The summed E-state index contributed by atoms with van der Waals surface area (Å²) in [5, 5.41) is 17.9. The van der Waals surface area contributed by atoms with Crippen molar-refractivity contribution in [2.24, 2.45) is 7.05 Å². The number of aryl methyl sites for hydroxylation is 1. The number of anilines is 1. The Morgan fingerprint density at radius 1 is 1.05 bits per heavy atom. The van der Waals surface area contributed by atoms with Gasteiger partial charge in [0.05, 0.1) is 38.0 Å². The summed E-state index contributed by atoms with van der Waals surface area (Å²) >= 11 is 0. The van der Waals surface area contributed by atoms with Crippen LogP contribution in [0.15, 0.2) is 54.9 Å². The summed E-state index contributed by atoms with van der Waals surface area (Å²) in [6.45, 7) is 1.91. The van der Waals surface area contributed by atoms with E-state index in [0.717, 1.165) is 46.4 Å². The third-order valence-corrected chi connectivity index (χ3v) is 7.19. The summed E-state index contributed by atoms with van der Waals surface area (Å²) in [6, 6.07) is 17.8. The molecule has 2 aromatic heterocycles. The second-order valence-corrected chi connectivity index (χ2v) is 9.98. The minimum absolute atomic E-state index is 0.0662. The van der Waals surface area contributed by atoms with Gasteiger partial charge in [-0.25, -0.2) is 4.98 Å². The summed E-state index contributed by atoms with van der Waals surface area (Å²) in [7, 11) is 3.52. The van der Waals surface area contributed by atoms with Crippen molar-refractivity contribution in [2.75, 3.05) is 25.2 Å². The Bertz CT molecular complexity index is 1600. The molecule has 1 amide bonds. The van der Waals surface area contributed by atoms with Gasteiger partial charge in [-0.15, -0.1) is 10.2 Å². The minimum atomic E-state index is -0.0662. The molecular formula is C30H28N6O3. The van der Waals surface area contributed by atoms with Crippen molar-refractivity contribution in [3.05, 3.63) is 82.8 Å². The van der Waals surface area contributed by atoms with Gasteiger partial charge in [-0.05, 0) is 65.4 Å². The van der Waals surface area contributed by atoms with E-state index in [0.29, 0.717) is 55.1 Å². The van der Waals surface area contributed by atoms with Crippen LogP contribution in [-0.4, -0.2) is 46.0 Å². The number of ether oxygens (including phenoxy) is 2. The lowest BCUT2D eigenvalue weighted by Gasteiger charge is -2.18. The maximum Gasteiger partial charge on any atom is 0.260 e. The van der Waals surface area contributed by atoms with Crippen LogP contribution in [-0.2, 0) is 29.7 Å². The zero-order valence-corrected chi connectivity index (χ0v) is 21.9. The molecule has 9 heteroatoms. The third kappa shape index (κ3) is 4.92. The summed E-state index contributed by atoms with van der Waals surface area (Å²) in [4.78, 5) is 20.3. The van der Waals surface area contributed by atoms with E-state index in [1.165, 1.54) is 0 Å². The number of hydrogen-bond donors (Lipinski definition) is 0. The van der Waals surface area contributed by atoms with Crippen LogP contribution in [0.2, 0.25) is 0 Å². The van der Waals surface area contributed by atoms with Crippen LogP contribution in [0, 0.1) is 11.3 Å². The molecule has 0 radical (unpaired) electrons. The second-order valence-electron chi connectivity index (χ2n) is 9.98. The average Bonchev–Trinajstić information content (AvgIpc) is 3.65. The standard InChI is InChI=1S/C30H28N6O3/c1-35-18-32-34-29(35)26-11-19(15-31)4-8-24(26)23-13-27(21-6-7-21)33-28(14-23)36-16-22-5-3-20(12-25(22)30(36)37)17-39-10-9-38-2/h3-5,8,11-14,18,21H,6-7,9-10,16-17H2,1-2H3. The van der Waals surface area contributed by atoms with E-state index in [1.807, 2.05) is 48.0 Å². The number of rotatable bonds is 9. The van der Waals surface area contributed by atoms with E-state index in [1.54, 1.807) is 24.4 Å². The van der Waals surface area contributed by atoms with E-state index >= 15 is 0 Å². The Balaban J connectivity index is 1.37. The molecule has 0 saturated heterocycles. The van der Waals surface area contributed by atoms with E-state index in [9.17, 15) is 10.1 Å². The fourth-order valence-electron chi connectivity index (χ4n) is 4.95. The van der Waals surface area contributed by atoms with Crippen LogP contribution in [0.5, 0.6) is 0 Å². The van der Waals surface area contributed by atoms with Gasteiger partial charge >= 0.3 is 0 Å². The fraction of sp³-hybridized carbons (Fsp3) is 0.300. The van der Waals surface area contributed by atoms with Crippen LogP contribution in [0.1, 0.15) is 51.5 Å². The predicted octanol–water partition coefficient (Wildman–Crippen LogP) is 4.62. The van der Waals surface area contributed by atoms with Gasteiger partial charge in [-0.2, -0.15) is 5.26 Å². The molecule has 1 saturated carbocycles. The molecule has 2 aliphatic rings. The quantitative estimate of drug-likeness (QED) is 0.297. The maximum absolute atomic E-state index is 13.6. The largest absolute Gasteiger partial charge is 0.382 e. The molecule has 1 fully saturated rings. The van der Waals surface area contributed by atoms with Crippen molar-refractivity contribution >= 4 is 11.7 Å². The van der Waals surface area contributed by atoms with Gasteiger partial charge in [0.1, 0.15) is 12.1 Å². The highest BCUT2D eigenvalue weighted by molar-refractivity contribution is 6.10. The topological polar surface area (TPSA) is 106 Å². The van der Waals surface area contributed by atoms with Crippen LogP contribution in [0.3, 0.4) is 0 Å². The van der Waals surface area contributed by atoms with Gasteiger partial charge in [-0.3, -0.25) is 9.69 Å². The van der Waals surface area contributed by atoms with E-state index in [2.05, 4.69) is 22.3 Å². The normalized spacial score (nSPS) is 14.5. The van der Waals surface area contributed by atoms with Gasteiger partial charge in [0, 0.05) is 36.9 Å². The van der Waals surface area contributed by atoms with E-state index < -0.39 is 0 Å². The van der Waals surface area contributed by atoms with Crippen LogP contribution in [0.25, 0.3) is 22.5 Å². The number of hydrogen-bond acceptors (Lipinski definition) is 7. The summed E-state index contributed by atoms with van der Waals surface area (Å²) < 4.78 is 12.5.